The molecule has 0 amide bonds. The number of nitrogens with one attached hydrogen (secondary N) is 1. The second-order valence-electron chi connectivity index (χ2n) is 3.90. The second-order valence-corrected chi connectivity index (χ2v) is 3.90. The summed E-state index contributed by atoms with van der Waals surface area (Å²) in [5.41, 5.74) is 4.16. The molecular formula is C15H31N2ORf-. The van der Waals surface area contributed by atoms with Crippen LogP contribution in [0.2, 0.25) is 0 Å². The van der Waals surface area contributed by atoms with Crippen molar-refractivity contribution in [3.05, 3.63) is 11.8 Å². The Morgan fingerprint density at radius 1 is 1.26 bits per heavy atom. The molecule has 0 saturated heterocycles. The minimum absolute atomic E-state index is 0. The van der Waals surface area contributed by atoms with Crippen LogP contribution >= 0.6 is 0 Å². The Morgan fingerprint density at radius 3 is 2.32 bits per heavy atom. The van der Waals surface area contributed by atoms with Crippen molar-refractivity contribution in [3.8, 4) is 0 Å². The van der Waals surface area contributed by atoms with Crippen LogP contribution in [0.15, 0.2) is 10.7 Å². The Labute approximate surface area is 114 Å². The maximum Gasteiger partial charge on any atom is 0.0351 e. The number of hydrogen-bond acceptors (Lipinski definition) is 3. The van der Waals surface area contributed by atoms with Gasteiger partial charge in [0.25, 0.3) is 0 Å². The van der Waals surface area contributed by atoms with E-state index < -0.39 is 0 Å². The molecule has 1 aliphatic heterocycles. The van der Waals surface area contributed by atoms with E-state index in [1.54, 1.807) is 14.2 Å². The number of allylic oxidation sites excluding steroid dienone is 1. The first-order valence-electron chi connectivity index (χ1n) is 7.10. The Balaban J connectivity index is -0.000000376. The summed E-state index contributed by atoms with van der Waals surface area (Å²) in [6.45, 7) is 8.41. The van der Waals surface area contributed by atoms with Gasteiger partial charge >= 0.3 is 0 Å². The quantitative estimate of drug-likeness (QED) is 0.435. The van der Waals surface area contributed by atoms with Gasteiger partial charge in [0.05, 0.1) is 0 Å². The topological polar surface area (TPSA) is 33.6 Å². The zero-order valence-electron chi connectivity index (χ0n) is 13.8. The van der Waals surface area contributed by atoms with Crippen LogP contribution in [0.25, 0.3) is 0 Å². The minimum Gasteiger partial charge on any atom is -0.460 e. The summed E-state index contributed by atoms with van der Waals surface area (Å²) in [4.78, 5) is 0. The van der Waals surface area contributed by atoms with Crippen LogP contribution in [-0.2, 0) is 4.74 Å². The van der Waals surface area contributed by atoms with E-state index in [0.29, 0.717) is 5.92 Å². The van der Waals surface area contributed by atoms with Gasteiger partial charge in [-0.2, -0.15) is 0 Å². The Kier molecular flexibility index (Phi) is 21.8. The van der Waals surface area contributed by atoms with Gasteiger partial charge in [-0.15, -0.1) is 0 Å². The van der Waals surface area contributed by atoms with E-state index in [9.17, 15) is 0 Å². The molecule has 0 aromatic rings. The predicted molar refractivity (Wildman–Crippen MR) is 80.6 cm³/mol. The van der Waals surface area contributed by atoms with Gasteiger partial charge in [-0.3, -0.25) is 0 Å². The van der Waals surface area contributed by atoms with Gasteiger partial charge in [0.1, 0.15) is 0 Å². The summed E-state index contributed by atoms with van der Waals surface area (Å²) >= 11 is 0. The van der Waals surface area contributed by atoms with Crippen molar-refractivity contribution in [1.29, 1.82) is 0 Å². The zero-order chi connectivity index (χ0) is 14.2. The van der Waals surface area contributed by atoms with E-state index in [1.807, 2.05) is 20.1 Å². The maximum absolute atomic E-state index is 4.25. The molecule has 0 aliphatic carbocycles. The summed E-state index contributed by atoms with van der Waals surface area (Å²) in [7, 11) is 3.25. The number of methoxy groups -OCH3 is 1. The van der Waals surface area contributed by atoms with Crippen LogP contribution in [-0.4, -0.2) is 20.4 Å². The van der Waals surface area contributed by atoms with Gasteiger partial charge in [0.2, 0.25) is 0 Å². The van der Waals surface area contributed by atoms with Gasteiger partial charge in [0, 0.05) is 20.4 Å². The molecule has 0 saturated carbocycles. The number of hydrogen-bond donors (Lipinski definition) is 1. The molecular weight excluding hydrogens is 491 g/mol. The van der Waals surface area contributed by atoms with E-state index in [-0.39, 0.29) is 0 Å². The first-order chi connectivity index (χ1) is 8.79. The monoisotopic (exact) mass is 522 g/mol. The molecule has 0 aromatic carbocycles. The Hall–Kier alpha value is -1.83. The molecule has 0 radical (unpaired) electrons. The largest absolute Gasteiger partial charge is 0.460 e. The second kappa shape index (κ2) is 18.5. The van der Waals surface area contributed by atoms with Gasteiger partial charge in [-0.05, 0) is 12.3 Å². The van der Waals surface area contributed by atoms with Crippen LogP contribution in [0.4, 0.5) is 0 Å². The normalized spacial score (nSPS) is 15.7. The summed E-state index contributed by atoms with van der Waals surface area (Å²) in [6.07, 6.45) is 11.4. The summed E-state index contributed by atoms with van der Waals surface area (Å²) in [6, 6.07) is 0. The fraction of sp³-hybridized carbons (Fsp3) is 0.800. The van der Waals surface area contributed by atoms with E-state index in [1.165, 1.54) is 31.3 Å². The molecule has 0 aromatic heterocycles. The molecule has 1 aliphatic rings. The third kappa shape index (κ3) is 12.4. The first-order valence-corrected chi connectivity index (χ1v) is 7.10. The molecule has 1 atom stereocenters. The number of nitrogens with zero attached hydrogens (tertiary/aromatic N) is 1. The van der Waals surface area contributed by atoms with Gasteiger partial charge in [-0.1, -0.05) is 53.4 Å². The molecule has 1 N–H and O–H groups in total. The molecule has 1 heterocycles. The summed E-state index contributed by atoms with van der Waals surface area (Å²) in [5.74, 6) is 0.540. The molecule has 1 rings (SSSR count). The minimum atomic E-state index is 0. The predicted octanol–water partition coefficient (Wildman–Crippen LogP) is 4.16. The fourth-order valence-corrected chi connectivity index (χ4v) is 1.63. The Morgan fingerprint density at radius 2 is 1.84 bits per heavy atom. The third-order valence-corrected chi connectivity index (χ3v) is 2.48. The van der Waals surface area contributed by atoms with Crippen molar-refractivity contribution in [2.75, 3.05) is 14.2 Å². The number of rotatable bonds is 5. The van der Waals surface area contributed by atoms with E-state index >= 15 is 0 Å². The third-order valence-electron chi connectivity index (χ3n) is 2.48. The number of hydrazone groups is 1. The molecule has 0 bridgehead atoms. The average Bonchev–Trinajstić information content (AvgIpc) is 2.43. The summed E-state index contributed by atoms with van der Waals surface area (Å²) in [5, 5.41) is 4.03. The van der Waals surface area contributed by atoms with Crippen molar-refractivity contribution in [2.45, 2.75) is 59.8 Å². The fourth-order valence-electron chi connectivity index (χ4n) is 1.63. The maximum atomic E-state index is 4.25. The van der Waals surface area contributed by atoms with E-state index in [4.69, 9.17) is 0 Å². The van der Waals surface area contributed by atoms with Crippen LogP contribution in [0, 0.1) is 12.1 Å². The van der Waals surface area contributed by atoms with Crippen molar-refractivity contribution >= 4 is 6.21 Å². The van der Waals surface area contributed by atoms with Crippen molar-refractivity contribution < 1.29 is 4.74 Å². The van der Waals surface area contributed by atoms with Gasteiger partial charge in [0.15, 0.2) is 0 Å². The number of unbranched alkanes of at least 4 members (excludes halogenated alkanes) is 2. The summed E-state index contributed by atoms with van der Waals surface area (Å²) < 4.78 is 4.25. The molecule has 110 valence electrons. The van der Waals surface area contributed by atoms with E-state index in [2.05, 4.69) is 35.3 Å². The van der Waals surface area contributed by atoms with Crippen LogP contribution in [0.5, 0.6) is 0 Å². The van der Waals surface area contributed by atoms with Crippen LogP contribution in [0.3, 0.4) is 0 Å². The van der Waals surface area contributed by atoms with Crippen molar-refractivity contribution in [2.24, 2.45) is 11.0 Å². The van der Waals surface area contributed by atoms with Crippen molar-refractivity contribution in [3.63, 3.8) is 0 Å². The number of ether oxygens (including phenoxy) is 1. The SMILES string of the molecule is CC.CCCCCC1C=NN[C-]=C1CC.COC.[Rf]. The smallest absolute Gasteiger partial charge is 0.0351 e. The molecule has 3 nitrogen and oxygen atoms in total. The molecule has 0 spiro atoms. The first kappa shape index (κ1) is 22.4. The molecule has 0 fully saturated rings. The molecule has 1 unspecified atom stereocenters. The standard InChI is InChI=1S/C11H19N2.C2H6O.C2H6.Rf/c1-3-5-6-7-11-9-13-12-8-10(11)4-2;1-3-2;1-2;/h9,11-12H,3-7H2,1-2H3;1-2H3;1-2H3;/q-1;;;. The Bertz CT molecular complexity index is 218. The van der Waals surface area contributed by atoms with Gasteiger partial charge in [-0.25, -0.2) is 10.7 Å². The average molecular weight is 522 g/mol. The molecule has 19 heavy (non-hydrogen) atoms. The van der Waals surface area contributed by atoms with Crippen molar-refractivity contribution in [1.82, 2.24) is 5.43 Å². The van der Waals surface area contributed by atoms with Crippen LogP contribution in [0.1, 0.15) is 59.8 Å². The molecule has 4 heteroatoms. The van der Waals surface area contributed by atoms with E-state index in [0.717, 1.165) is 6.42 Å². The van der Waals surface area contributed by atoms with Gasteiger partial charge < -0.3 is 16.4 Å². The van der Waals surface area contributed by atoms with Crippen LogP contribution < -0.4 is 5.43 Å². The zero-order valence-corrected chi connectivity index (χ0v) is 20.2.